The smallest absolute Gasteiger partial charge is 0.355 e. The molecule has 0 radical (unpaired) electrons. The molecule has 65 heavy (non-hydrogen) atoms. The first-order valence-electron chi connectivity index (χ1n) is 22.9. The lowest BCUT2D eigenvalue weighted by Gasteiger charge is -2.41. The second-order valence-electron chi connectivity index (χ2n) is 19.2. The number of amides is 4. The van der Waals surface area contributed by atoms with Crippen molar-refractivity contribution in [3.05, 3.63) is 58.2 Å². The van der Waals surface area contributed by atoms with Crippen molar-refractivity contribution in [1.29, 1.82) is 0 Å². The van der Waals surface area contributed by atoms with Gasteiger partial charge in [-0.3, -0.25) is 19.6 Å². The molecule has 2 saturated heterocycles. The Kier molecular flexibility index (Phi) is 14.4. The first-order valence-corrected chi connectivity index (χ1v) is 23.8. The molecule has 0 aliphatic carbocycles. The average Bonchev–Trinajstić information content (AvgIpc) is 3.88. The molecular weight excluding hydrogens is 847 g/mol. The number of carbonyl (C=O) groups is 4. The number of carbonyl (C=O) groups excluding carboxylic acids is 4. The molecule has 2 fully saturated rings. The second kappa shape index (κ2) is 19.5. The van der Waals surface area contributed by atoms with E-state index in [0.29, 0.717) is 18.0 Å². The van der Waals surface area contributed by atoms with Crippen molar-refractivity contribution in [3.8, 4) is 22.5 Å². The van der Waals surface area contributed by atoms with Gasteiger partial charge in [0.1, 0.15) is 12.1 Å². The van der Waals surface area contributed by atoms with Crippen LogP contribution in [0.15, 0.2) is 41.9 Å². The van der Waals surface area contributed by atoms with Crippen LogP contribution in [0, 0.1) is 11.3 Å². The zero-order valence-corrected chi connectivity index (χ0v) is 40.5. The second-order valence-corrected chi connectivity index (χ2v) is 20.2. The van der Waals surface area contributed by atoms with Gasteiger partial charge in [-0.05, 0) is 88.9 Å². The summed E-state index contributed by atoms with van der Waals surface area (Å²) in [4.78, 5) is 72.3. The van der Waals surface area contributed by atoms with Crippen molar-refractivity contribution in [3.63, 3.8) is 0 Å². The van der Waals surface area contributed by atoms with E-state index >= 15 is 0 Å². The van der Waals surface area contributed by atoms with Gasteiger partial charge >= 0.3 is 12.0 Å². The van der Waals surface area contributed by atoms with Crippen LogP contribution in [0.3, 0.4) is 0 Å². The lowest BCUT2D eigenvalue weighted by atomic mass is 9.84. The Labute approximate surface area is 386 Å². The number of fused-ring (bicyclic) bond motifs is 6. The molecule has 17 heteroatoms. The maximum Gasteiger partial charge on any atom is 0.355 e. The fourth-order valence-electron chi connectivity index (χ4n) is 9.77. The number of methoxy groups -OCH3 is 1. The number of nitrogens with one attached hydrogen (secondary N) is 2. The minimum absolute atomic E-state index is 0.00310. The Bertz CT molecular complexity index is 2400. The van der Waals surface area contributed by atoms with Gasteiger partial charge in [-0.2, -0.15) is 5.43 Å². The standard InChI is InChI=1S/C48H67N9O7S/c1-11-56-38-18-17-31-23-34(38)35(42(56)33-16-12-20-49-40(33)30(4)63-10)25-47(5,6)28-64-45(60)48(62)19-14-22-57(52-48)44(59)36(24-39-50-37(31)27-65-39)51-43(58)41(29(2)3)55(9)46(61)54(8)32-15-13-21-53(7)26-32/h12,16-18,20,23,27,29-30,32,36,41,52,62H,11,13-15,19,21-22,24-26,28H2,1-10H3,(H,51,58)/t30-,32+,36-,41-,48-/m0/s1. The van der Waals surface area contributed by atoms with Crippen LogP contribution >= 0.6 is 11.3 Å². The van der Waals surface area contributed by atoms with Crippen molar-refractivity contribution in [2.75, 3.05) is 54.5 Å². The Morgan fingerprint density at radius 1 is 1.14 bits per heavy atom. The Morgan fingerprint density at radius 2 is 1.91 bits per heavy atom. The van der Waals surface area contributed by atoms with Crippen molar-refractivity contribution < 1.29 is 33.8 Å². The summed E-state index contributed by atoms with van der Waals surface area (Å²) >= 11 is 1.38. The molecule has 6 bridgehead atoms. The zero-order chi connectivity index (χ0) is 47.0. The highest BCUT2D eigenvalue weighted by molar-refractivity contribution is 7.10. The number of likely N-dealkylation sites (N-methyl/N-ethyl adjacent to an activating group) is 3. The number of pyridine rings is 1. The summed E-state index contributed by atoms with van der Waals surface area (Å²) in [6, 6.07) is 7.95. The van der Waals surface area contributed by atoms with Crippen molar-refractivity contribution in [2.24, 2.45) is 11.3 Å². The SMILES string of the molecule is CCn1c(-c2cccnc2[C@H](C)OC)c2c3cc(ccc31)-c1csc(n1)C[C@H](NC(=O)[C@H](C(C)C)N(C)C(=O)N(C)[C@@H]1CCCN(C)C1)C(=O)N1CCC[C@@](O)(N1)C(=O)OCC(C)(C)C2. The van der Waals surface area contributed by atoms with E-state index in [1.165, 1.54) is 21.2 Å². The van der Waals surface area contributed by atoms with E-state index in [0.717, 1.165) is 70.6 Å². The van der Waals surface area contributed by atoms with E-state index in [4.69, 9.17) is 19.4 Å². The number of thiazole rings is 1. The molecule has 0 saturated carbocycles. The van der Waals surface area contributed by atoms with Crippen molar-refractivity contribution in [2.45, 2.75) is 117 Å². The number of piperidine rings is 1. The summed E-state index contributed by atoms with van der Waals surface area (Å²) < 4.78 is 14.1. The molecule has 4 amide bonds. The van der Waals surface area contributed by atoms with Gasteiger partial charge in [0.25, 0.3) is 5.91 Å². The van der Waals surface area contributed by atoms with E-state index in [2.05, 4.69) is 51.4 Å². The van der Waals surface area contributed by atoms with Crippen LogP contribution in [0.2, 0.25) is 0 Å². The maximum atomic E-state index is 14.7. The Morgan fingerprint density at radius 3 is 2.62 bits per heavy atom. The quantitative estimate of drug-likeness (QED) is 0.178. The fourth-order valence-corrected chi connectivity index (χ4v) is 10.6. The minimum Gasteiger partial charge on any atom is -0.462 e. The van der Waals surface area contributed by atoms with Crippen LogP contribution in [0.4, 0.5) is 4.79 Å². The number of hydrazine groups is 1. The molecule has 3 aliphatic heterocycles. The number of likely N-dealkylation sites (tertiary alicyclic amines) is 1. The number of aryl methyl sites for hydroxylation is 1. The molecule has 5 atom stereocenters. The molecule has 4 aromatic rings. The molecule has 3 N–H and O–H groups in total. The number of cyclic esters (lactones) is 1. The number of urea groups is 1. The van der Waals surface area contributed by atoms with Gasteiger partial charge in [0.15, 0.2) is 0 Å². The highest BCUT2D eigenvalue weighted by atomic mass is 32.1. The molecule has 3 aromatic heterocycles. The van der Waals surface area contributed by atoms with Gasteiger partial charge < -0.3 is 39.2 Å². The highest BCUT2D eigenvalue weighted by Gasteiger charge is 2.46. The number of esters is 1. The van der Waals surface area contributed by atoms with E-state index in [9.17, 15) is 24.3 Å². The number of benzene rings is 1. The molecule has 7 rings (SSSR count). The van der Waals surface area contributed by atoms with Gasteiger partial charge in [0.05, 0.1) is 34.8 Å². The molecule has 0 spiro atoms. The van der Waals surface area contributed by atoms with E-state index in [1.54, 1.807) is 32.3 Å². The van der Waals surface area contributed by atoms with E-state index in [1.807, 2.05) is 53.1 Å². The monoisotopic (exact) mass is 913 g/mol. The summed E-state index contributed by atoms with van der Waals surface area (Å²) in [5.41, 5.74) is 6.39. The largest absolute Gasteiger partial charge is 0.462 e. The van der Waals surface area contributed by atoms with Gasteiger partial charge in [-0.15, -0.1) is 11.3 Å². The van der Waals surface area contributed by atoms with Crippen LogP contribution < -0.4 is 10.7 Å². The molecule has 0 unspecified atom stereocenters. The number of ether oxygens (including phenoxy) is 2. The third-order valence-electron chi connectivity index (χ3n) is 13.3. The number of hydrogen-bond acceptors (Lipinski definition) is 12. The third-order valence-corrected chi connectivity index (χ3v) is 14.2. The highest BCUT2D eigenvalue weighted by Crippen LogP contribution is 2.42. The fraction of sp³-hybridized carbons (Fsp3) is 0.583. The molecule has 352 valence electrons. The van der Waals surface area contributed by atoms with E-state index in [-0.39, 0.29) is 56.5 Å². The molecule has 3 aliphatic rings. The van der Waals surface area contributed by atoms with Crippen LogP contribution in [-0.2, 0) is 43.2 Å². The summed E-state index contributed by atoms with van der Waals surface area (Å²) in [7, 11) is 7.12. The lowest BCUT2D eigenvalue weighted by Crippen LogP contribution is -2.67. The Hall–Kier alpha value is -4.94. The number of rotatable bonds is 9. The zero-order valence-electron chi connectivity index (χ0n) is 39.6. The average molecular weight is 914 g/mol. The summed E-state index contributed by atoms with van der Waals surface area (Å²) in [5.74, 6) is -2.26. The number of hydrogen-bond donors (Lipinski definition) is 3. The predicted molar refractivity (Wildman–Crippen MR) is 251 cm³/mol. The topological polar surface area (TPSA) is 175 Å². The lowest BCUT2D eigenvalue weighted by molar-refractivity contribution is -0.189. The maximum absolute atomic E-state index is 14.7. The van der Waals surface area contributed by atoms with Crippen LogP contribution in [0.25, 0.3) is 33.4 Å². The normalized spacial score (nSPS) is 22.9. The Balaban J connectivity index is 1.29. The van der Waals surface area contributed by atoms with E-state index < -0.39 is 41.0 Å². The number of aromatic nitrogens is 3. The molecule has 16 nitrogen and oxygen atoms in total. The molecular formula is C48H67N9O7S. The van der Waals surface area contributed by atoms with Gasteiger partial charge in [0.2, 0.25) is 11.6 Å². The first-order chi connectivity index (χ1) is 30.9. The number of nitrogens with zero attached hydrogens (tertiary/aromatic N) is 7. The first kappa shape index (κ1) is 48.0. The molecule has 6 heterocycles. The van der Waals surface area contributed by atoms with Gasteiger partial charge in [-0.1, -0.05) is 33.8 Å². The summed E-state index contributed by atoms with van der Waals surface area (Å²) in [6.07, 6.45) is 4.16. The van der Waals surface area contributed by atoms with Crippen LogP contribution in [0.1, 0.15) is 89.6 Å². The minimum atomic E-state index is -2.21. The number of aliphatic hydroxyl groups is 1. The summed E-state index contributed by atoms with van der Waals surface area (Å²) in [5, 5.41) is 19.6. The van der Waals surface area contributed by atoms with Crippen molar-refractivity contribution >= 4 is 46.1 Å². The van der Waals surface area contributed by atoms with Crippen LogP contribution in [0.5, 0.6) is 0 Å². The van der Waals surface area contributed by atoms with Gasteiger partial charge in [-0.25, -0.2) is 14.6 Å². The molecule has 1 aromatic carbocycles. The third kappa shape index (κ3) is 9.94. The predicted octanol–water partition coefficient (Wildman–Crippen LogP) is 5.62. The van der Waals surface area contributed by atoms with Crippen molar-refractivity contribution in [1.82, 2.24) is 45.0 Å². The van der Waals surface area contributed by atoms with Gasteiger partial charge in [0, 0.05) is 98.7 Å². The summed E-state index contributed by atoms with van der Waals surface area (Å²) in [6.45, 7) is 14.4. The van der Waals surface area contributed by atoms with Crippen LogP contribution in [-0.4, -0.2) is 142 Å².